The highest BCUT2D eigenvalue weighted by Crippen LogP contribution is 2.21. The van der Waals surface area contributed by atoms with Crippen LogP contribution < -0.4 is 4.90 Å². The molecule has 3 nitrogen and oxygen atoms in total. The summed E-state index contributed by atoms with van der Waals surface area (Å²) in [6.45, 7) is 5.00. The summed E-state index contributed by atoms with van der Waals surface area (Å²) < 4.78 is 0. The molecule has 0 aromatic heterocycles. The highest BCUT2D eigenvalue weighted by Gasteiger charge is 2.23. The topological polar surface area (TPSA) is 23.6 Å². The summed E-state index contributed by atoms with van der Waals surface area (Å²) in [5, 5.41) is 0. The third-order valence-electron chi connectivity index (χ3n) is 3.87. The molecule has 1 saturated heterocycles. The summed E-state index contributed by atoms with van der Waals surface area (Å²) in [7, 11) is 2.14. The predicted octanol–water partition coefficient (Wildman–Crippen LogP) is 2.77. The summed E-state index contributed by atoms with van der Waals surface area (Å²) in [4.78, 5) is 16.7. The monoisotopic (exact) mass is 260 g/mol. The standard InChI is InChI=1S/C16H24N2O/c1-3-18(15-9-5-4-6-10-15)16(19)12-14-8-7-11-17(2)13-14/h4-6,9-10,14H,3,7-8,11-13H2,1-2H3. The van der Waals surface area contributed by atoms with Gasteiger partial charge in [0.15, 0.2) is 0 Å². The number of carbonyl (C=O) groups excluding carboxylic acids is 1. The van der Waals surface area contributed by atoms with Crippen LogP contribution >= 0.6 is 0 Å². The van der Waals surface area contributed by atoms with E-state index in [1.165, 1.54) is 19.4 Å². The number of para-hydroxylation sites is 1. The van der Waals surface area contributed by atoms with Gasteiger partial charge in [0.2, 0.25) is 5.91 Å². The first-order valence-corrected chi connectivity index (χ1v) is 7.24. The van der Waals surface area contributed by atoms with Crippen molar-refractivity contribution in [2.75, 3.05) is 31.6 Å². The molecule has 0 saturated carbocycles. The maximum atomic E-state index is 12.5. The van der Waals surface area contributed by atoms with Crippen molar-refractivity contribution in [2.24, 2.45) is 5.92 Å². The molecule has 0 bridgehead atoms. The van der Waals surface area contributed by atoms with Crippen molar-refractivity contribution in [1.82, 2.24) is 4.90 Å². The van der Waals surface area contributed by atoms with Crippen LogP contribution in [0.3, 0.4) is 0 Å². The largest absolute Gasteiger partial charge is 0.313 e. The average Bonchev–Trinajstić information content (AvgIpc) is 2.41. The molecular formula is C16H24N2O. The van der Waals surface area contributed by atoms with Gasteiger partial charge in [-0.3, -0.25) is 4.79 Å². The third-order valence-corrected chi connectivity index (χ3v) is 3.87. The summed E-state index contributed by atoms with van der Waals surface area (Å²) in [6, 6.07) is 9.97. The molecular weight excluding hydrogens is 236 g/mol. The minimum atomic E-state index is 0.258. The van der Waals surface area contributed by atoms with Crippen molar-refractivity contribution in [1.29, 1.82) is 0 Å². The zero-order valence-electron chi connectivity index (χ0n) is 12.0. The summed E-state index contributed by atoms with van der Waals surface area (Å²) in [6.07, 6.45) is 3.07. The Hall–Kier alpha value is -1.35. The highest BCUT2D eigenvalue weighted by atomic mass is 16.2. The van der Waals surface area contributed by atoms with E-state index in [2.05, 4.69) is 11.9 Å². The first-order chi connectivity index (χ1) is 9.20. The maximum absolute atomic E-state index is 12.5. The number of carbonyl (C=O) groups is 1. The molecule has 19 heavy (non-hydrogen) atoms. The van der Waals surface area contributed by atoms with Gasteiger partial charge >= 0.3 is 0 Å². The van der Waals surface area contributed by atoms with Gasteiger partial charge in [-0.15, -0.1) is 0 Å². The van der Waals surface area contributed by atoms with E-state index in [4.69, 9.17) is 0 Å². The zero-order chi connectivity index (χ0) is 13.7. The molecule has 1 aromatic carbocycles. The minimum absolute atomic E-state index is 0.258. The second kappa shape index (κ2) is 6.71. The van der Waals surface area contributed by atoms with Crippen LogP contribution in [0.15, 0.2) is 30.3 Å². The van der Waals surface area contributed by atoms with Crippen LogP contribution in [-0.4, -0.2) is 37.5 Å². The molecule has 0 aliphatic carbocycles. The van der Waals surface area contributed by atoms with Crippen LogP contribution in [0.2, 0.25) is 0 Å². The van der Waals surface area contributed by atoms with Crippen molar-refractivity contribution < 1.29 is 4.79 Å². The Bertz CT molecular complexity index is 404. The Morgan fingerprint density at radius 1 is 1.37 bits per heavy atom. The molecule has 0 N–H and O–H groups in total. The molecule has 0 spiro atoms. The normalized spacial score (nSPS) is 20.2. The Kier molecular flexibility index (Phi) is 4.97. The molecule has 0 radical (unpaired) electrons. The van der Waals surface area contributed by atoms with Gasteiger partial charge in [-0.05, 0) is 51.4 Å². The first-order valence-electron chi connectivity index (χ1n) is 7.24. The quantitative estimate of drug-likeness (QED) is 0.831. The van der Waals surface area contributed by atoms with E-state index in [9.17, 15) is 4.79 Å². The van der Waals surface area contributed by atoms with Gasteiger partial charge in [-0.2, -0.15) is 0 Å². The predicted molar refractivity (Wildman–Crippen MR) is 79.3 cm³/mol. The molecule has 1 aliphatic rings. The van der Waals surface area contributed by atoms with E-state index in [0.717, 1.165) is 18.8 Å². The fraction of sp³-hybridized carbons (Fsp3) is 0.562. The summed E-state index contributed by atoms with van der Waals surface area (Å²) >= 11 is 0. The second-order valence-electron chi connectivity index (χ2n) is 5.45. The fourth-order valence-electron chi connectivity index (χ4n) is 2.91. The first kappa shape index (κ1) is 14.1. The molecule has 1 amide bonds. The summed E-state index contributed by atoms with van der Waals surface area (Å²) in [5.41, 5.74) is 1.01. The SMILES string of the molecule is CCN(C(=O)CC1CCCN(C)C1)c1ccccc1. The molecule has 1 heterocycles. The molecule has 3 heteroatoms. The van der Waals surface area contributed by atoms with E-state index in [1.807, 2.05) is 42.2 Å². The van der Waals surface area contributed by atoms with Crippen LogP contribution in [0.1, 0.15) is 26.2 Å². The molecule has 104 valence electrons. The maximum Gasteiger partial charge on any atom is 0.227 e. The third kappa shape index (κ3) is 3.80. The molecule has 1 atom stereocenters. The Balaban J connectivity index is 1.97. The van der Waals surface area contributed by atoms with E-state index >= 15 is 0 Å². The number of hydrogen-bond acceptors (Lipinski definition) is 2. The van der Waals surface area contributed by atoms with Crippen molar-refractivity contribution in [3.63, 3.8) is 0 Å². The van der Waals surface area contributed by atoms with Gasteiger partial charge in [0.05, 0.1) is 0 Å². The smallest absolute Gasteiger partial charge is 0.227 e. The van der Waals surface area contributed by atoms with Crippen LogP contribution in [0.25, 0.3) is 0 Å². The number of nitrogens with zero attached hydrogens (tertiary/aromatic N) is 2. The van der Waals surface area contributed by atoms with Gasteiger partial charge in [-0.25, -0.2) is 0 Å². The van der Waals surface area contributed by atoms with E-state index in [-0.39, 0.29) is 5.91 Å². The number of anilines is 1. The lowest BCUT2D eigenvalue weighted by atomic mass is 9.94. The Morgan fingerprint density at radius 3 is 2.74 bits per heavy atom. The molecule has 1 fully saturated rings. The number of likely N-dealkylation sites (tertiary alicyclic amines) is 1. The van der Waals surface area contributed by atoms with Crippen molar-refractivity contribution in [3.05, 3.63) is 30.3 Å². The Morgan fingerprint density at radius 2 is 2.11 bits per heavy atom. The van der Waals surface area contributed by atoms with Crippen LogP contribution in [-0.2, 0) is 4.79 Å². The lowest BCUT2D eigenvalue weighted by molar-refractivity contribution is -0.119. The average molecular weight is 260 g/mol. The van der Waals surface area contributed by atoms with Crippen molar-refractivity contribution >= 4 is 11.6 Å². The number of hydrogen-bond donors (Lipinski definition) is 0. The van der Waals surface area contributed by atoms with Gasteiger partial charge in [0, 0.05) is 25.2 Å². The molecule has 1 aliphatic heterocycles. The minimum Gasteiger partial charge on any atom is -0.313 e. The van der Waals surface area contributed by atoms with Gasteiger partial charge in [-0.1, -0.05) is 18.2 Å². The van der Waals surface area contributed by atoms with E-state index in [1.54, 1.807) is 0 Å². The number of benzene rings is 1. The van der Waals surface area contributed by atoms with Crippen LogP contribution in [0.5, 0.6) is 0 Å². The lowest BCUT2D eigenvalue weighted by Crippen LogP contribution is -2.37. The van der Waals surface area contributed by atoms with E-state index < -0.39 is 0 Å². The number of amides is 1. The molecule has 1 unspecified atom stereocenters. The molecule has 1 aromatic rings. The van der Waals surface area contributed by atoms with Gasteiger partial charge < -0.3 is 9.80 Å². The van der Waals surface area contributed by atoms with Crippen molar-refractivity contribution in [2.45, 2.75) is 26.2 Å². The van der Waals surface area contributed by atoms with Crippen molar-refractivity contribution in [3.8, 4) is 0 Å². The van der Waals surface area contributed by atoms with E-state index in [0.29, 0.717) is 12.3 Å². The second-order valence-corrected chi connectivity index (χ2v) is 5.45. The number of piperidine rings is 1. The lowest BCUT2D eigenvalue weighted by Gasteiger charge is -2.31. The van der Waals surface area contributed by atoms with Crippen LogP contribution in [0, 0.1) is 5.92 Å². The molecule has 2 rings (SSSR count). The summed E-state index contributed by atoms with van der Waals surface area (Å²) in [5.74, 6) is 0.776. The highest BCUT2D eigenvalue weighted by molar-refractivity contribution is 5.93. The zero-order valence-corrected chi connectivity index (χ0v) is 12.0. The van der Waals surface area contributed by atoms with Gasteiger partial charge in [0.25, 0.3) is 0 Å². The Labute approximate surface area is 116 Å². The number of rotatable bonds is 4. The van der Waals surface area contributed by atoms with Crippen LogP contribution in [0.4, 0.5) is 5.69 Å². The van der Waals surface area contributed by atoms with Gasteiger partial charge in [0.1, 0.15) is 0 Å². The fourth-order valence-corrected chi connectivity index (χ4v) is 2.91.